The summed E-state index contributed by atoms with van der Waals surface area (Å²) in [5, 5.41) is 0. The number of H-pyrrole nitrogens is 1. The van der Waals surface area contributed by atoms with Gasteiger partial charge in [-0.05, 0) is 6.54 Å². The van der Waals surface area contributed by atoms with Crippen LogP contribution in [0.15, 0.2) is 4.79 Å². The first kappa shape index (κ1) is 9.36. The number of ether oxygens (including phenoxy) is 1. The van der Waals surface area contributed by atoms with Gasteiger partial charge in [0.05, 0.1) is 18.9 Å². The number of rotatable bonds is 2. The average molecular weight is 195 g/mol. The summed E-state index contributed by atoms with van der Waals surface area (Å²) in [6, 6.07) is 0. The van der Waals surface area contributed by atoms with Crippen LogP contribution in [-0.4, -0.2) is 23.1 Å². The summed E-state index contributed by atoms with van der Waals surface area (Å²) in [5.41, 5.74) is 7.92. The Morgan fingerprint density at radius 3 is 3.21 bits per heavy atom. The van der Waals surface area contributed by atoms with E-state index in [9.17, 15) is 4.79 Å². The first-order valence-corrected chi connectivity index (χ1v) is 4.70. The van der Waals surface area contributed by atoms with Crippen molar-refractivity contribution in [1.82, 2.24) is 9.97 Å². The second kappa shape index (κ2) is 3.89. The van der Waals surface area contributed by atoms with Gasteiger partial charge in [0, 0.05) is 24.1 Å². The molecule has 1 aromatic rings. The minimum atomic E-state index is -0.283. The Labute approximate surface area is 81.3 Å². The standard InChI is InChI=1S/C9H13N3O2/c10-3-1-7-6-5-14-4-2-8(6)12-9(13)11-7/h1-5,10H2,(H,11,12,13). The highest BCUT2D eigenvalue weighted by Crippen LogP contribution is 2.15. The second-order valence-electron chi connectivity index (χ2n) is 3.29. The van der Waals surface area contributed by atoms with Crippen molar-refractivity contribution in [1.29, 1.82) is 0 Å². The fourth-order valence-electron chi connectivity index (χ4n) is 1.67. The zero-order valence-electron chi connectivity index (χ0n) is 7.88. The average Bonchev–Trinajstić information content (AvgIpc) is 2.18. The van der Waals surface area contributed by atoms with Crippen molar-refractivity contribution in [3.05, 3.63) is 27.4 Å². The number of hydrogen-bond donors (Lipinski definition) is 2. The minimum Gasteiger partial charge on any atom is -0.376 e. The zero-order valence-corrected chi connectivity index (χ0v) is 7.88. The Bertz CT molecular complexity index is 386. The summed E-state index contributed by atoms with van der Waals surface area (Å²) < 4.78 is 5.32. The van der Waals surface area contributed by atoms with Crippen LogP contribution in [0.1, 0.15) is 17.0 Å². The van der Waals surface area contributed by atoms with Gasteiger partial charge in [-0.25, -0.2) is 4.79 Å². The Kier molecular flexibility index (Phi) is 2.60. The third kappa shape index (κ3) is 1.69. The molecule has 5 heteroatoms. The Balaban J connectivity index is 2.47. The lowest BCUT2D eigenvalue weighted by atomic mass is 10.1. The summed E-state index contributed by atoms with van der Waals surface area (Å²) in [4.78, 5) is 17.8. The van der Waals surface area contributed by atoms with Gasteiger partial charge in [0.2, 0.25) is 0 Å². The molecule has 0 fully saturated rings. The van der Waals surface area contributed by atoms with Crippen LogP contribution in [-0.2, 0) is 24.2 Å². The van der Waals surface area contributed by atoms with Crippen molar-refractivity contribution >= 4 is 0 Å². The fourth-order valence-corrected chi connectivity index (χ4v) is 1.67. The molecule has 1 aliphatic rings. The monoisotopic (exact) mass is 195 g/mol. The van der Waals surface area contributed by atoms with Gasteiger partial charge >= 0.3 is 5.69 Å². The highest BCUT2D eigenvalue weighted by molar-refractivity contribution is 5.25. The molecule has 0 spiro atoms. The molecule has 2 heterocycles. The molecule has 0 bridgehead atoms. The summed E-state index contributed by atoms with van der Waals surface area (Å²) in [7, 11) is 0. The van der Waals surface area contributed by atoms with E-state index in [2.05, 4.69) is 9.97 Å². The van der Waals surface area contributed by atoms with Crippen molar-refractivity contribution in [2.75, 3.05) is 13.2 Å². The summed E-state index contributed by atoms with van der Waals surface area (Å²) in [6.07, 6.45) is 1.39. The molecule has 0 amide bonds. The number of aromatic amines is 1. The van der Waals surface area contributed by atoms with Gasteiger partial charge in [-0.15, -0.1) is 0 Å². The van der Waals surface area contributed by atoms with E-state index in [0.717, 1.165) is 23.4 Å². The number of nitrogens with zero attached hydrogens (tertiary/aromatic N) is 1. The van der Waals surface area contributed by atoms with E-state index in [1.807, 2.05) is 0 Å². The number of fused-ring (bicyclic) bond motifs is 1. The molecule has 0 aromatic carbocycles. The van der Waals surface area contributed by atoms with Gasteiger partial charge in [-0.3, -0.25) is 0 Å². The number of hydrogen-bond acceptors (Lipinski definition) is 4. The molecular weight excluding hydrogens is 182 g/mol. The van der Waals surface area contributed by atoms with Crippen molar-refractivity contribution < 1.29 is 4.74 Å². The summed E-state index contributed by atoms with van der Waals surface area (Å²) in [6.45, 7) is 1.70. The van der Waals surface area contributed by atoms with Crippen molar-refractivity contribution in [3.63, 3.8) is 0 Å². The molecule has 76 valence electrons. The molecule has 14 heavy (non-hydrogen) atoms. The van der Waals surface area contributed by atoms with Crippen LogP contribution in [0.25, 0.3) is 0 Å². The Morgan fingerprint density at radius 1 is 1.57 bits per heavy atom. The quantitative estimate of drug-likeness (QED) is 0.656. The van der Waals surface area contributed by atoms with Gasteiger partial charge in [0.15, 0.2) is 0 Å². The molecule has 2 rings (SSSR count). The molecule has 0 saturated carbocycles. The first-order chi connectivity index (χ1) is 6.81. The van der Waals surface area contributed by atoms with Gasteiger partial charge in [-0.1, -0.05) is 0 Å². The third-order valence-electron chi connectivity index (χ3n) is 2.33. The van der Waals surface area contributed by atoms with E-state index in [1.165, 1.54) is 0 Å². The lowest BCUT2D eigenvalue weighted by molar-refractivity contribution is 0.108. The minimum absolute atomic E-state index is 0.283. The molecule has 0 saturated heterocycles. The predicted octanol–water partition coefficient (Wildman–Crippen LogP) is -0.656. The van der Waals surface area contributed by atoms with Crippen molar-refractivity contribution in [2.24, 2.45) is 5.73 Å². The van der Waals surface area contributed by atoms with Crippen molar-refractivity contribution in [2.45, 2.75) is 19.4 Å². The largest absolute Gasteiger partial charge is 0.376 e. The van der Waals surface area contributed by atoms with Crippen LogP contribution in [0.3, 0.4) is 0 Å². The number of aromatic nitrogens is 2. The predicted molar refractivity (Wildman–Crippen MR) is 51.0 cm³/mol. The van der Waals surface area contributed by atoms with E-state index >= 15 is 0 Å². The van der Waals surface area contributed by atoms with Crippen molar-refractivity contribution in [3.8, 4) is 0 Å². The SMILES string of the molecule is NCCc1nc(=O)[nH]c2c1COCC2. The number of nitrogens with one attached hydrogen (secondary N) is 1. The molecule has 3 N–H and O–H groups in total. The molecular formula is C9H13N3O2. The van der Waals surface area contributed by atoms with E-state index in [1.54, 1.807) is 0 Å². The maximum Gasteiger partial charge on any atom is 0.345 e. The highest BCUT2D eigenvalue weighted by atomic mass is 16.5. The van der Waals surface area contributed by atoms with Crippen LogP contribution in [0.5, 0.6) is 0 Å². The van der Waals surface area contributed by atoms with Gasteiger partial charge < -0.3 is 15.5 Å². The highest BCUT2D eigenvalue weighted by Gasteiger charge is 2.15. The maximum absolute atomic E-state index is 11.2. The summed E-state index contributed by atoms with van der Waals surface area (Å²) in [5.74, 6) is 0. The zero-order chi connectivity index (χ0) is 9.97. The molecule has 1 aromatic heterocycles. The number of nitrogens with two attached hydrogens (primary N) is 1. The van der Waals surface area contributed by atoms with Crippen LogP contribution >= 0.6 is 0 Å². The maximum atomic E-state index is 11.2. The normalized spacial score (nSPS) is 15.2. The van der Waals surface area contributed by atoms with E-state index in [4.69, 9.17) is 10.5 Å². The first-order valence-electron chi connectivity index (χ1n) is 4.70. The second-order valence-corrected chi connectivity index (χ2v) is 3.29. The lowest BCUT2D eigenvalue weighted by Gasteiger charge is -2.17. The third-order valence-corrected chi connectivity index (χ3v) is 2.33. The molecule has 0 atom stereocenters. The van der Waals surface area contributed by atoms with Crippen LogP contribution in [0.4, 0.5) is 0 Å². The molecule has 0 radical (unpaired) electrons. The van der Waals surface area contributed by atoms with E-state index in [0.29, 0.717) is 26.2 Å². The fraction of sp³-hybridized carbons (Fsp3) is 0.556. The molecule has 1 aliphatic heterocycles. The summed E-state index contributed by atoms with van der Waals surface area (Å²) >= 11 is 0. The molecule has 5 nitrogen and oxygen atoms in total. The lowest BCUT2D eigenvalue weighted by Crippen LogP contribution is -2.24. The van der Waals surface area contributed by atoms with Gasteiger partial charge in [0.1, 0.15) is 0 Å². The van der Waals surface area contributed by atoms with Gasteiger partial charge in [-0.2, -0.15) is 4.98 Å². The van der Waals surface area contributed by atoms with Crippen LogP contribution < -0.4 is 11.4 Å². The molecule has 0 aliphatic carbocycles. The Hall–Kier alpha value is -1.20. The molecule has 0 unspecified atom stereocenters. The van der Waals surface area contributed by atoms with E-state index < -0.39 is 0 Å². The van der Waals surface area contributed by atoms with Crippen LogP contribution in [0, 0.1) is 0 Å². The van der Waals surface area contributed by atoms with E-state index in [-0.39, 0.29) is 5.69 Å². The Morgan fingerprint density at radius 2 is 2.43 bits per heavy atom. The van der Waals surface area contributed by atoms with Gasteiger partial charge in [0.25, 0.3) is 0 Å². The van der Waals surface area contributed by atoms with Crippen LogP contribution in [0.2, 0.25) is 0 Å². The smallest absolute Gasteiger partial charge is 0.345 e. The topological polar surface area (TPSA) is 81.0 Å².